The Morgan fingerprint density at radius 1 is 0.650 bits per heavy atom. The molecule has 1 aromatic heterocycles. The van der Waals surface area contributed by atoms with E-state index in [-0.39, 0.29) is 25.6 Å². The van der Waals surface area contributed by atoms with Gasteiger partial charge in [0.2, 0.25) is 0 Å². The molecule has 1 atom stereocenters. The molecule has 0 bridgehead atoms. The van der Waals surface area contributed by atoms with Gasteiger partial charge in [-0.1, -0.05) is 65.4 Å². The summed E-state index contributed by atoms with van der Waals surface area (Å²) < 4.78 is 8.31. The molecule has 3 nitrogen and oxygen atoms in total. The van der Waals surface area contributed by atoms with Crippen LogP contribution in [0.25, 0.3) is 43.4 Å². The second kappa shape index (κ2) is 9.95. The molecule has 40 heavy (non-hydrogen) atoms. The van der Waals surface area contributed by atoms with Crippen LogP contribution in [0.2, 0.25) is 0 Å². The van der Waals surface area contributed by atoms with Crippen molar-refractivity contribution in [1.29, 1.82) is 0 Å². The van der Waals surface area contributed by atoms with Gasteiger partial charge in [-0.2, -0.15) is 0 Å². The molecular weight excluding hydrogens is 577 g/mol. The number of aryl methyl sites for hydroxylation is 2. The van der Waals surface area contributed by atoms with Crippen molar-refractivity contribution < 1.29 is 24.2 Å². The van der Waals surface area contributed by atoms with E-state index < -0.39 is 0 Å². The van der Waals surface area contributed by atoms with Gasteiger partial charge in [0.1, 0.15) is 11.9 Å². The maximum atomic E-state index is 5.75. The number of rotatable bonds is 2. The fourth-order valence-corrected chi connectivity index (χ4v) is 6.56. The number of fused-ring (bicyclic) bond motifs is 7. The molecule has 0 saturated carbocycles. The standard InChI is InChI=1S/C36H31N2O.Ru/c1-22-20-21-31-29-15-9-7-13-27(29)26-12-6-8-14-28(26)30-16-10-18-33-36(30)38(35(31)23(22)2)25(4)37(33)32-17-11-19-34(39-5)24(32)3;/h6-14,16-21,25H,1-5H3;/q-1;+1/t25-;/m1./s1. The van der Waals surface area contributed by atoms with Crippen molar-refractivity contribution in [3.05, 3.63) is 114 Å². The molecule has 0 saturated heterocycles. The van der Waals surface area contributed by atoms with Crippen molar-refractivity contribution in [3.8, 4) is 5.75 Å². The summed E-state index contributed by atoms with van der Waals surface area (Å²) in [6.45, 7) is 8.94. The Morgan fingerprint density at radius 2 is 1.32 bits per heavy atom. The van der Waals surface area contributed by atoms with E-state index in [1.807, 2.05) is 12.1 Å². The molecule has 2 heterocycles. The molecule has 199 valence electrons. The smallest absolute Gasteiger partial charge is 0.496 e. The van der Waals surface area contributed by atoms with Crippen LogP contribution in [0, 0.1) is 26.8 Å². The first kappa shape index (κ1) is 26.4. The molecule has 7 rings (SSSR count). The molecule has 1 aliphatic heterocycles. The first-order valence-electron chi connectivity index (χ1n) is 13.6. The fourth-order valence-electron chi connectivity index (χ4n) is 6.56. The third-order valence-corrected chi connectivity index (χ3v) is 8.57. The number of hydrogen-bond acceptors (Lipinski definition) is 2. The molecule has 5 aromatic carbocycles. The minimum absolute atomic E-state index is 0. The number of anilines is 2. The van der Waals surface area contributed by atoms with E-state index in [0.717, 1.165) is 22.4 Å². The number of nitrogens with zero attached hydrogens (tertiary/aromatic N) is 2. The zero-order chi connectivity index (χ0) is 26.8. The van der Waals surface area contributed by atoms with E-state index in [1.165, 1.54) is 54.8 Å². The van der Waals surface area contributed by atoms with Gasteiger partial charge in [-0.3, -0.25) is 0 Å². The van der Waals surface area contributed by atoms with Gasteiger partial charge in [-0.05, 0) is 62.4 Å². The molecule has 4 heteroatoms. The van der Waals surface area contributed by atoms with E-state index >= 15 is 0 Å². The molecular formula is C36H31N2ORu. The van der Waals surface area contributed by atoms with Crippen LogP contribution in [0.4, 0.5) is 11.4 Å². The summed E-state index contributed by atoms with van der Waals surface area (Å²) in [5, 5.41) is 7.26. The number of hydrogen-bond donors (Lipinski definition) is 0. The number of para-hydroxylation sites is 1. The Labute approximate surface area is 248 Å². The predicted octanol–water partition coefficient (Wildman–Crippen LogP) is 9.63. The van der Waals surface area contributed by atoms with Gasteiger partial charge in [0.15, 0.2) is 0 Å². The van der Waals surface area contributed by atoms with Gasteiger partial charge < -0.3 is 14.2 Å². The van der Waals surface area contributed by atoms with Crippen molar-refractivity contribution in [2.24, 2.45) is 0 Å². The third-order valence-electron chi connectivity index (χ3n) is 8.57. The van der Waals surface area contributed by atoms with Crippen LogP contribution in [0.15, 0.2) is 91.0 Å². The third kappa shape index (κ3) is 3.66. The number of aromatic nitrogens is 1. The van der Waals surface area contributed by atoms with Crippen LogP contribution in [0.3, 0.4) is 0 Å². The van der Waals surface area contributed by atoms with Crippen LogP contribution in [0.5, 0.6) is 5.75 Å². The van der Waals surface area contributed by atoms with Crippen LogP contribution >= 0.6 is 0 Å². The SMILES string of the molecule is COc1cccc(N2c3cccc4c5ccccc5c5ccc[c-]c5c5ccc(C)c(C)c5n(c34)[C@@H]2C)c1C.[Ru+]. The first-order valence-corrected chi connectivity index (χ1v) is 13.6. The normalized spacial score (nSPS) is 14.1. The predicted molar refractivity (Wildman–Crippen MR) is 165 cm³/mol. The second-order valence-corrected chi connectivity index (χ2v) is 10.6. The zero-order valence-electron chi connectivity index (χ0n) is 23.4. The molecule has 1 aliphatic rings. The van der Waals surface area contributed by atoms with Crippen molar-refractivity contribution in [3.63, 3.8) is 0 Å². The summed E-state index contributed by atoms with van der Waals surface area (Å²) >= 11 is 0. The van der Waals surface area contributed by atoms with Gasteiger partial charge in [0, 0.05) is 22.2 Å². The minimum Gasteiger partial charge on any atom is -0.496 e. The van der Waals surface area contributed by atoms with Gasteiger partial charge in [0.05, 0.1) is 18.3 Å². The first-order chi connectivity index (χ1) is 19.0. The van der Waals surface area contributed by atoms with Crippen LogP contribution in [-0.4, -0.2) is 11.7 Å². The average Bonchev–Trinajstić information content (AvgIpc) is 3.27. The van der Waals surface area contributed by atoms with E-state index in [4.69, 9.17) is 4.74 Å². The molecule has 0 aliphatic carbocycles. The summed E-state index contributed by atoms with van der Waals surface area (Å²) in [6.07, 6.45) is 0.0311. The fraction of sp³-hybridized carbons (Fsp3) is 0.167. The average molecular weight is 609 g/mol. The van der Waals surface area contributed by atoms with Crippen LogP contribution < -0.4 is 9.64 Å². The molecule has 0 unspecified atom stereocenters. The van der Waals surface area contributed by atoms with Gasteiger partial charge in [-0.15, -0.1) is 35.0 Å². The Morgan fingerprint density at radius 3 is 2.10 bits per heavy atom. The van der Waals surface area contributed by atoms with Gasteiger partial charge in [-0.25, -0.2) is 0 Å². The molecule has 0 fully saturated rings. The molecule has 0 N–H and O–H groups in total. The number of methoxy groups -OCH3 is 1. The van der Waals surface area contributed by atoms with Crippen molar-refractivity contribution in [1.82, 2.24) is 4.57 Å². The monoisotopic (exact) mass is 609 g/mol. The van der Waals surface area contributed by atoms with Gasteiger partial charge >= 0.3 is 19.5 Å². The van der Waals surface area contributed by atoms with E-state index in [0.29, 0.717) is 0 Å². The zero-order valence-corrected chi connectivity index (χ0v) is 25.1. The van der Waals surface area contributed by atoms with Gasteiger partial charge in [0.25, 0.3) is 0 Å². The summed E-state index contributed by atoms with van der Waals surface area (Å²) in [7, 11) is 1.75. The topological polar surface area (TPSA) is 17.4 Å². The van der Waals surface area contributed by atoms with Crippen molar-refractivity contribution in [2.75, 3.05) is 12.0 Å². The maximum absolute atomic E-state index is 5.75. The van der Waals surface area contributed by atoms with Crippen LogP contribution in [-0.2, 0) is 19.5 Å². The number of ether oxygens (including phenoxy) is 1. The second-order valence-electron chi connectivity index (χ2n) is 10.6. The Balaban J connectivity index is 0.00000289. The summed E-state index contributed by atoms with van der Waals surface area (Å²) in [5.41, 5.74) is 8.55. The van der Waals surface area contributed by atoms with E-state index in [9.17, 15) is 0 Å². The maximum Gasteiger partial charge on any atom is 1.00 e. The van der Waals surface area contributed by atoms with E-state index in [2.05, 4.69) is 122 Å². The summed E-state index contributed by atoms with van der Waals surface area (Å²) in [6, 6.07) is 36.4. The molecule has 1 radical (unpaired) electrons. The Hall–Kier alpha value is -3.88. The number of benzene rings is 5. The summed E-state index contributed by atoms with van der Waals surface area (Å²) in [4.78, 5) is 2.47. The summed E-state index contributed by atoms with van der Waals surface area (Å²) in [5.74, 6) is 0.901. The minimum atomic E-state index is 0. The Kier molecular flexibility index (Phi) is 6.55. The van der Waals surface area contributed by atoms with Crippen molar-refractivity contribution in [2.45, 2.75) is 33.9 Å². The largest absolute Gasteiger partial charge is 1.00 e. The van der Waals surface area contributed by atoms with Crippen molar-refractivity contribution >= 4 is 54.7 Å². The quantitative estimate of drug-likeness (QED) is 0.144. The van der Waals surface area contributed by atoms with Crippen LogP contribution in [0.1, 0.15) is 29.8 Å². The molecule has 0 amide bonds. The molecule has 6 aromatic rings. The van der Waals surface area contributed by atoms with E-state index in [1.54, 1.807) is 7.11 Å². The molecule has 0 spiro atoms. The Bertz CT molecular complexity index is 2020.